The van der Waals surface area contributed by atoms with Gasteiger partial charge in [-0.15, -0.1) is 11.3 Å². The minimum absolute atomic E-state index is 0.0486. The average Bonchev–Trinajstić information content (AvgIpc) is 3.09. The summed E-state index contributed by atoms with van der Waals surface area (Å²) in [7, 11) is 0. The smallest absolute Gasteiger partial charge is 0.244 e. The molecule has 2 atom stereocenters. The summed E-state index contributed by atoms with van der Waals surface area (Å²) in [5.41, 5.74) is 4.90. The van der Waals surface area contributed by atoms with Gasteiger partial charge in [0.2, 0.25) is 5.91 Å². The molecule has 1 aliphatic carbocycles. The number of amides is 1. The van der Waals surface area contributed by atoms with Crippen molar-refractivity contribution in [2.24, 2.45) is 11.0 Å². The molecule has 1 amide bonds. The number of rotatable bonds is 4. The highest BCUT2D eigenvalue weighted by Crippen LogP contribution is 2.37. The highest BCUT2D eigenvalue weighted by Gasteiger charge is 2.31. The zero-order chi connectivity index (χ0) is 16.9. The van der Waals surface area contributed by atoms with Gasteiger partial charge in [-0.3, -0.25) is 4.79 Å². The molecule has 0 saturated heterocycles. The van der Waals surface area contributed by atoms with Gasteiger partial charge < -0.3 is 0 Å². The lowest BCUT2D eigenvalue weighted by atomic mass is 9.75. The maximum Gasteiger partial charge on any atom is 0.244 e. The van der Waals surface area contributed by atoms with E-state index in [0.29, 0.717) is 6.42 Å². The van der Waals surface area contributed by atoms with Crippen molar-refractivity contribution in [3.63, 3.8) is 0 Å². The molecule has 0 radical (unpaired) electrons. The number of hydrazone groups is 1. The van der Waals surface area contributed by atoms with Gasteiger partial charge in [0.15, 0.2) is 0 Å². The van der Waals surface area contributed by atoms with Crippen molar-refractivity contribution >= 4 is 23.5 Å². The third-order valence-electron chi connectivity index (χ3n) is 4.29. The van der Waals surface area contributed by atoms with Crippen LogP contribution < -0.4 is 5.43 Å². The van der Waals surface area contributed by atoms with Crippen LogP contribution in [0.4, 0.5) is 4.39 Å². The molecule has 124 valence electrons. The van der Waals surface area contributed by atoms with Crippen LogP contribution in [-0.4, -0.2) is 12.1 Å². The van der Waals surface area contributed by atoms with Gasteiger partial charge in [0.05, 0.1) is 12.1 Å². The van der Waals surface area contributed by atoms with E-state index < -0.39 is 0 Å². The van der Waals surface area contributed by atoms with Gasteiger partial charge >= 0.3 is 0 Å². The first kappa shape index (κ1) is 16.6. The molecule has 0 saturated carbocycles. The second kappa shape index (κ2) is 7.53. The quantitative estimate of drug-likeness (QED) is 0.497. The molecule has 1 aliphatic rings. The third kappa shape index (κ3) is 3.97. The first-order chi connectivity index (χ1) is 11.6. The highest BCUT2D eigenvalue weighted by atomic mass is 32.1. The number of carbonyl (C=O) groups excluding carboxylic acids is 1. The van der Waals surface area contributed by atoms with E-state index in [9.17, 15) is 9.18 Å². The van der Waals surface area contributed by atoms with Crippen LogP contribution in [0.25, 0.3) is 0 Å². The lowest BCUT2D eigenvalue weighted by Crippen LogP contribution is -2.32. The van der Waals surface area contributed by atoms with Crippen molar-refractivity contribution < 1.29 is 9.18 Å². The zero-order valence-corrected chi connectivity index (χ0v) is 14.2. The second-order valence-electron chi connectivity index (χ2n) is 6.00. The van der Waals surface area contributed by atoms with Crippen LogP contribution >= 0.6 is 11.3 Å². The fraction of sp³-hybridized carbons (Fsp3) is 0.263. The van der Waals surface area contributed by atoms with E-state index in [4.69, 9.17) is 0 Å². The van der Waals surface area contributed by atoms with E-state index in [1.165, 1.54) is 17.7 Å². The number of allylic oxidation sites excluding steroid dienone is 2. The monoisotopic (exact) mass is 342 g/mol. The summed E-state index contributed by atoms with van der Waals surface area (Å²) < 4.78 is 13.2. The summed E-state index contributed by atoms with van der Waals surface area (Å²) in [5.74, 6) is -0.503. The first-order valence-electron chi connectivity index (χ1n) is 7.91. The predicted molar refractivity (Wildman–Crippen MR) is 95.7 cm³/mol. The van der Waals surface area contributed by atoms with Gasteiger partial charge in [0.25, 0.3) is 0 Å². The van der Waals surface area contributed by atoms with Crippen LogP contribution in [0.1, 0.15) is 36.1 Å². The summed E-state index contributed by atoms with van der Waals surface area (Å²) in [5, 5.41) is 6.02. The Bertz CT molecular complexity index is 750. The fourth-order valence-corrected chi connectivity index (χ4v) is 3.61. The van der Waals surface area contributed by atoms with Gasteiger partial charge in [-0.05, 0) is 54.8 Å². The molecule has 0 fully saturated rings. The molecule has 0 aliphatic heterocycles. The SMILES string of the molecule is CC1=CC[C@@H](C(=O)N/N=C\c2cccs2)[C@H](c2ccc(F)cc2)C1. The van der Waals surface area contributed by atoms with Crippen LogP contribution in [0.3, 0.4) is 0 Å². The van der Waals surface area contributed by atoms with Gasteiger partial charge in [0.1, 0.15) is 5.82 Å². The number of thiophene rings is 1. The molecule has 5 heteroatoms. The molecule has 1 aromatic heterocycles. The number of carbonyl (C=O) groups is 1. The van der Waals surface area contributed by atoms with E-state index in [1.54, 1.807) is 29.7 Å². The van der Waals surface area contributed by atoms with Crippen LogP contribution in [0, 0.1) is 11.7 Å². The van der Waals surface area contributed by atoms with Crippen molar-refractivity contribution in [3.05, 3.63) is 69.7 Å². The van der Waals surface area contributed by atoms with Crippen LogP contribution in [0.5, 0.6) is 0 Å². The minimum Gasteiger partial charge on any atom is -0.273 e. The normalized spacial score (nSPS) is 20.8. The molecule has 2 aromatic rings. The molecule has 1 aromatic carbocycles. The van der Waals surface area contributed by atoms with Crippen molar-refractivity contribution in [1.29, 1.82) is 0 Å². The maximum atomic E-state index is 13.2. The Morgan fingerprint density at radius 2 is 2.12 bits per heavy atom. The third-order valence-corrected chi connectivity index (χ3v) is 5.10. The average molecular weight is 342 g/mol. The molecule has 0 unspecified atom stereocenters. The van der Waals surface area contributed by atoms with E-state index in [-0.39, 0.29) is 23.6 Å². The van der Waals surface area contributed by atoms with E-state index >= 15 is 0 Å². The highest BCUT2D eigenvalue weighted by molar-refractivity contribution is 7.11. The molecule has 0 bridgehead atoms. The van der Waals surface area contributed by atoms with Crippen LogP contribution in [0.2, 0.25) is 0 Å². The Balaban J connectivity index is 1.73. The van der Waals surface area contributed by atoms with E-state index in [2.05, 4.69) is 23.5 Å². The topological polar surface area (TPSA) is 41.5 Å². The Labute approximate surface area is 144 Å². The maximum absolute atomic E-state index is 13.2. The molecule has 3 rings (SSSR count). The van der Waals surface area contributed by atoms with Gasteiger partial charge in [-0.25, -0.2) is 9.82 Å². The van der Waals surface area contributed by atoms with Crippen molar-refractivity contribution in [2.45, 2.75) is 25.7 Å². The molecule has 3 nitrogen and oxygen atoms in total. The Morgan fingerprint density at radius 3 is 2.83 bits per heavy atom. The summed E-state index contributed by atoms with van der Waals surface area (Å²) in [6.07, 6.45) is 5.24. The molecule has 1 N–H and O–H groups in total. The Morgan fingerprint density at radius 1 is 1.33 bits per heavy atom. The summed E-state index contributed by atoms with van der Waals surface area (Å²) in [6.45, 7) is 2.07. The number of hydrogen-bond acceptors (Lipinski definition) is 3. The lowest BCUT2D eigenvalue weighted by molar-refractivity contribution is -0.125. The first-order valence-corrected chi connectivity index (χ1v) is 8.79. The standard InChI is InChI=1S/C19H19FN2OS/c1-13-4-9-17(18(11-13)14-5-7-15(20)8-6-14)19(23)22-21-12-16-3-2-10-24-16/h2-8,10,12,17-18H,9,11H2,1H3,(H,22,23)/b21-12-/t17-,18+/m1/s1. The lowest BCUT2D eigenvalue weighted by Gasteiger charge is -2.29. The Kier molecular flexibility index (Phi) is 5.20. The fourth-order valence-electron chi connectivity index (χ4n) is 3.02. The second-order valence-corrected chi connectivity index (χ2v) is 6.98. The Hall–Kier alpha value is -2.27. The van der Waals surface area contributed by atoms with Crippen molar-refractivity contribution in [3.8, 4) is 0 Å². The summed E-state index contributed by atoms with van der Waals surface area (Å²) >= 11 is 1.56. The predicted octanol–water partition coefficient (Wildman–Crippen LogP) is 4.48. The number of nitrogens with one attached hydrogen (secondary N) is 1. The van der Waals surface area contributed by atoms with E-state index in [1.807, 2.05) is 17.5 Å². The summed E-state index contributed by atoms with van der Waals surface area (Å²) in [6, 6.07) is 10.3. The van der Waals surface area contributed by atoms with Gasteiger partial charge in [-0.1, -0.05) is 29.8 Å². The largest absolute Gasteiger partial charge is 0.273 e. The van der Waals surface area contributed by atoms with Crippen molar-refractivity contribution in [2.75, 3.05) is 0 Å². The van der Waals surface area contributed by atoms with Gasteiger partial charge in [-0.2, -0.15) is 5.10 Å². The molecular weight excluding hydrogens is 323 g/mol. The number of benzene rings is 1. The van der Waals surface area contributed by atoms with Gasteiger partial charge in [0, 0.05) is 4.88 Å². The minimum atomic E-state index is -0.261. The van der Waals surface area contributed by atoms with Crippen LogP contribution in [0.15, 0.2) is 58.5 Å². The molecule has 24 heavy (non-hydrogen) atoms. The number of hydrogen-bond donors (Lipinski definition) is 1. The molecule has 1 heterocycles. The molecule has 0 spiro atoms. The summed E-state index contributed by atoms with van der Waals surface area (Å²) in [4.78, 5) is 13.5. The van der Waals surface area contributed by atoms with Crippen LogP contribution in [-0.2, 0) is 4.79 Å². The molecular formula is C19H19FN2OS. The zero-order valence-electron chi connectivity index (χ0n) is 13.4. The van der Waals surface area contributed by atoms with E-state index in [0.717, 1.165) is 16.9 Å². The van der Waals surface area contributed by atoms with Crippen molar-refractivity contribution in [1.82, 2.24) is 5.43 Å². The number of nitrogens with zero attached hydrogens (tertiary/aromatic N) is 1. The number of halogens is 1.